The third-order valence-electron chi connectivity index (χ3n) is 3.58. The Balaban J connectivity index is 2.84. The van der Waals surface area contributed by atoms with Crippen molar-refractivity contribution in [3.05, 3.63) is 25.3 Å². The van der Waals surface area contributed by atoms with E-state index in [1.165, 1.54) is 0 Å². The van der Waals surface area contributed by atoms with Gasteiger partial charge in [0.2, 0.25) is 11.8 Å². The van der Waals surface area contributed by atoms with Gasteiger partial charge in [0.1, 0.15) is 5.41 Å². The van der Waals surface area contributed by atoms with Crippen molar-refractivity contribution in [1.29, 1.82) is 0 Å². The highest BCUT2D eigenvalue weighted by atomic mass is 16.2. The predicted octanol–water partition coefficient (Wildman–Crippen LogP) is 1.67. The van der Waals surface area contributed by atoms with E-state index in [1.807, 2.05) is 0 Å². The highest BCUT2D eigenvalue weighted by molar-refractivity contribution is 6.04. The smallest absolute Gasteiger partial charge is 0.236 e. The second-order valence-corrected chi connectivity index (χ2v) is 4.89. The molecule has 0 aliphatic heterocycles. The highest BCUT2D eigenvalue weighted by Gasteiger charge is 2.43. The van der Waals surface area contributed by atoms with E-state index in [2.05, 4.69) is 18.5 Å². The fraction of sp³-hybridized carbons (Fsp3) is 0.571. The van der Waals surface area contributed by atoms with Gasteiger partial charge in [0.25, 0.3) is 0 Å². The van der Waals surface area contributed by atoms with Crippen molar-refractivity contribution in [2.75, 3.05) is 0 Å². The molecule has 1 rings (SSSR count). The first-order chi connectivity index (χ1) is 8.56. The lowest BCUT2D eigenvalue weighted by Gasteiger charge is -2.28. The summed E-state index contributed by atoms with van der Waals surface area (Å²) >= 11 is 0. The highest BCUT2D eigenvalue weighted by Crippen LogP contribution is 2.29. The molecule has 1 aliphatic carbocycles. The fourth-order valence-corrected chi connectivity index (χ4v) is 2.47. The average Bonchev–Trinajstić information content (AvgIpc) is 2.80. The number of rotatable bonds is 7. The van der Waals surface area contributed by atoms with Crippen molar-refractivity contribution in [3.63, 3.8) is 0 Å². The lowest BCUT2D eigenvalue weighted by molar-refractivity contribution is -0.141. The molecule has 4 nitrogen and oxygen atoms in total. The quantitative estimate of drug-likeness (QED) is 0.533. The van der Waals surface area contributed by atoms with Gasteiger partial charge in [0.05, 0.1) is 0 Å². The fourth-order valence-electron chi connectivity index (χ4n) is 2.47. The first-order valence-electron chi connectivity index (χ1n) is 6.39. The van der Waals surface area contributed by atoms with Gasteiger partial charge in [-0.1, -0.05) is 25.0 Å². The van der Waals surface area contributed by atoms with E-state index in [1.54, 1.807) is 12.2 Å². The summed E-state index contributed by atoms with van der Waals surface area (Å²) in [5.41, 5.74) is 4.19. The molecule has 0 unspecified atom stereocenters. The van der Waals surface area contributed by atoms with Crippen molar-refractivity contribution in [2.45, 2.75) is 44.6 Å². The van der Waals surface area contributed by atoms with E-state index in [-0.39, 0.29) is 24.8 Å². The Morgan fingerprint density at radius 2 is 1.72 bits per heavy atom. The molecule has 0 bridgehead atoms. The summed E-state index contributed by atoms with van der Waals surface area (Å²) < 4.78 is 0. The van der Waals surface area contributed by atoms with Crippen LogP contribution in [0.1, 0.15) is 38.5 Å². The topological polar surface area (TPSA) is 72.2 Å². The summed E-state index contributed by atoms with van der Waals surface area (Å²) in [5.74, 6) is -0.903. The molecule has 18 heavy (non-hydrogen) atoms. The number of nitrogens with two attached hydrogens (primary N) is 1. The maximum atomic E-state index is 12.3. The van der Waals surface area contributed by atoms with Crippen LogP contribution in [0.3, 0.4) is 0 Å². The molecule has 0 radical (unpaired) electrons. The van der Waals surface area contributed by atoms with Gasteiger partial charge in [-0.2, -0.15) is 0 Å². The second kappa shape index (κ2) is 6.38. The van der Waals surface area contributed by atoms with E-state index in [0.29, 0.717) is 0 Å². The zero-order valence-electron chi connectivity index (χ0n) is 10.8. The maximum absolute atomic E-state index is 12.3. The molecule has 1 fully saturated rings. The zero-order chi connectivity index (χ0) is 13.6. The van der Waals surface area contributed by atoms with Gasteiger partial charge < -0.3 is 11.1 Å². The average molecular weight is 250 g/mol. The van der Waals surface area contributed by atoms with Crippen LogP contribution in [0.5, 0.6) is 0 Å². The number of amides is 2. The number of hydrogen-bond donors (Lipinski definition) is 2. The predicted molar refractivity (Wildman–Crippen MR) is 71.7 cm³/mol. The molecule has 0 saturated heterocycles. The molecule has 0 heterocycles. The van der Waals surface area contributed by atoms with E-state index in [9.17, 15) is 9.59 Å². The third-order valence-corrected chi connectivity index (χ3v) is 3.58. The van der Waals surface area contributed by atoms with Crippen LogP contribution >= 0.6 is 0 Å². The first kappa shape index (κ1) is 14.5. The Kier molecular flexibility index (Phi) is 5.13. The van der Waals surface area contributed by atoms with Crippen molar-refractivity contribution >= 4 is 11.8 Å². The molecule has 3 N–H and O–H groups in total. The molecule has 1 aliphatic rings. The van der Waals surface area contributed by atoms with Gasteiger partial charge in [-0.05, 0) is 25.7 Å². The Morgan fingerprint density at radius 3 is 2.11 bits per heavy atom. The number of carbonyl (C=O) groups is 2. The van der Waals surface area contributed by atoms with Crippen LogP contribution in [0.15, 0.2) is 25.3 Å². The summed E-state index contributed by atoms with van der Waals surface area (Å²) in [4.78, 5) is 24.0. The number of primary amides is 1. The van der Waals surface area contributed by atoms with Gasteiger partial charge in [-0.15, -0.1) is 13.2 Å². The van der Waals surface area contributed by atoms with Crippen molar-refractivity contribution < 1.29 is 9.59 Å². The second-order valence-electron chi connectivity index (χ2n) is 4.89. The van der Waals surface area contributed by atoms with Crippen molar-refractivity contribution in [2.24, 2.45) is 11.1 Å². The molecule has 2 amide bonds. The third kappa shape index (κ3) is 3.00. The Bertz CT molecular complexity index is 334. The lowest BCUT2D eigenvalue weighted by atomic mass is 9.79. The summed E-state index contributed by atoms with van der Waals surface area (Å²) in [6, 6.07) is 0.172. The molecule has 0 spiro atoms. The molecular formula is C14H22N2O2. The monoisotopic (exact) mass is 250 g/mol. The van der Waals surface area contributed by atoms with Gasteiger partial charge in [0, 0.05) is 6.04 Å². The van der Waals surface area contributed by atoms with Gasteiger partial charge >= 0.3 is 0 Å². The Labute approximate surface area is 108 Å². The van der Waals surface area contributed by atoms with E-state index in [0.717, 1.165) is 25.7 Å². The Hall–Kier alpha value is -1.58. The molecule has 0 atom stereocenters. The van der Waals surface area contributed by atoms with Crippen LogP contribution in [-0.4, -0.2) is 17.9 Å². The van der Waals surface area contributed by atoms with Crippen LogP contribution in [0.25, 0.3) is 0 Å². The van der Waals surface area contributed by atoms with Crippen LogP contribution in [-0.2, 0) is 9.59 Å². The van der Waals surface area contributed by atoms with Crippen LogP contribution in [0.4, 0.5) is 0 Å². The van der Waals surface area contributed by atoms with Gasteiger partial charge in [-0.3, -0.25) is 9.59 Å². The summed E-state index contributed by atoms with van der Waals surface area (Å²) in [6.45, 7) is 7.20. The lowest BCUT2D eigenvalue weighted by Crippen LogP contribution is -2.51. The minimum absolute atomic E-state index is 0.172. The van der Waals surface area contributed by atoms with E-state index in [4.69, 9.17) is 5.73 Å². The molecule has 0 aromatic heterocycles. The van der Waals surface area contributed by atoms with Crippen molar-refractivity contribution in [1.82, 2.24) is 5.32 Å². The molecule has 4 heteroatoms. The first-order valence-corrected chi connectivity index (χ1v) is 6.39. The zero-order valence-corrected chi connectivity index (χ0v) is 10.8. The van der Waals surface area contributed by atoms with E-state index >= 15 is 0 Å². The van der Waals surface area contributed by atoms with Gasteiger partial charge in [-0.25, -0.2) is 0 Å². The molecule has 0 aromatic rings. The number of carbonyl (C=O) groups excluding carboxylic acids is 2. The molecule has 100 valence electrons. The normalized spacial score (nSPS) is 16.2. The number of hydrogen-bond acceptors (Lipinski definition) is 2. The van der Waals surface area contributed by atoms with Gasteiger partial charge in [0.15, 0.2) is 0 Å². The Morgan fingerprint density at radius 1 is 1.22 bits per heavy atom. The van der Waals surface area contributed by atoms with Crippen LogP contribution in [0.2, 0.25) is 0 Å². The molecule has 1 saturated carbocycles. The standard InChI is InChI=1S/C14H22N2O2/c1-3-9-14(10-4-2,12(15)17)13(18)16-11-7-5-6-8-11/h3-4,11H,1-2,5-10H2,(H2,15,17)(H,16,18). The molecule has 0 aromatic carbocycles. The summed E-state index contributed by atoms with van der Waals surface area (Å²) in [6.07, 6.45) is 7.80. The van der Waals surface area contributed by atoms with Crippen LogP contribution < -0.4 is 11.1 Å². The minimum Gasteiger partial charge on any atom is -0.369 e. The minimum atomic E-state index is -1.23. The SMILES string of the molecule is C=CCC(CC=C)(C(N)=O)C(=O)NC1CCCC1. The molecular weight excluding hydrogens is 228 g/mol. The summed E-state index contributed by atoms with van der Waals surface area (Å²) in [5, 5.41) is 2.94. The van der Waals surface area contributed by atoms with Crippen molar-refractivity contribution in [3.8, 4) is 0 Å². The number of allylic oxidation sites excluding steroid dienone is 2. The van der Waals surface area contributed by atoms with E-state index < -0.39 is 11.3 Å². The number of nitrogens with one attached hydrogen (secondary N) is 1. The largest absolute Gasteiger partial charge is 0.369 e. The summed E-state index contributed by atoms with van der Waals surface area (Å²) in [7, 11) is 0. The van der Waals surface area contributed by atoms with Crippen LogP contribution in [0, 0.1) is 5.41 Å². The maximum Gasteiger partial charge on any atom is 0.236 e.